The molecular weight excluding hydrogens is 333 g/mol. The Kier molecular flexibility index (Phi) is 4.20. The largest absolute Gasteiger partial charge is 0.380 e. The lowest BCUT2D eigenvalue weighted by Crippen LogP contribution is -2.28. The lowest BCUT2D eigenvalue weighted by molar-refractivity contribution is 0.0714. The second-order valence-corrected chi connectivity index (χ2v) is 5.36. The highest BCUT2D eigenvalue weighted by Crippen LogP contribution is 2.36. The maximum atomic E-state index is 13.9. The van der Waals surface area contributed by atoms with Crippen molar-refractivity contribution in [1.82, 2.24) is 0 Å². The highest BCUT2D eigenvalue weighted by molar-refractivity contribution is 9.10. The molecule has 0 radical (unpaired) electrons. The lowest BCUT2D eigenvalue weighted by Gasteiger charge is -2.28. The number of rotatable bonds is 3. The summed E-state index contributed by atoms with van der Waals surface area (Å²) in [5.74, 6) is -4.22. The van der Waals surface area contributed by atoms with Crippen LogP contribution in [0.5, 0.6) is 0 Å². The maximum absolute atomic E-state index is 13.9. The molecule has 106 valence electrons. The number of hydrogen-bond donors (Lipinski definition) is 1. The van der Waals surface area contributed by atoms with Crippen molar-refractivity contribution in [3.05, 3.63) is 69.4 Å². The smallest absolute Gasteiger partial charge is 0.194 e. The topological polar surface area (TPSA) is 20.2 Å². The zero-order valence-corrected chi connectivity index (χ0v) is 12.2. The van der Waals surface area contributed by atoms with Gasteiger partial charge in [-0.05, 0) is 36.2 Å². The minimum atomic E-state index is -1.72. The lowest BCUT2D eigenvalue weighted by atomic mass is 9.84. The van der Waals surface area contributed by atoms with Crippen LogP contribution in [0.3, 0.4) is 0 Å². The normalized spacial score (nSPS) is 14.1. The van der Waals surface area contributed by atoms with Gasteiger partial charge in [-0.3, -0.25) is 0 Å². The number of hydrogen-bond acceptors (Lipinski definition) is 1. The van der Waals surface area contributed by atoms with Crippen LogP contribution >= 0.6 is 15.9 Å². The molecule has 2 aromatic rings. The first kappa shape index (κ1) is 15.1. The van der Waals surface area contributed by atoms with Crippen LogP contribution in [0, 0.1) is 17.5 Å². The van der Waals surface area contributed by atoms with Gasteiger partial charge in [-0.2, -0.15) is 0 Å². The van der Waals surface area contributed by atoms with E-state index in [0.29, 0.717) is 10.0 Å². The first-order chi connectivity index (χ1) is 9.40. The van der Waals surface area contributed by atoms with Crippen molar-refractivity contribution in [1.29, 1.82) is 0 Å². The van der Waals surface area contributed by atoms with Crippen LogP contribution in [0.4, 0.5) is 13.2 Å². The summed E-state index contributed by atoms with van der Waals surface area (Å²) >= 11 is 3.26. The van der Waals surface area contributed by atoms with Crippen molar-refractivity contribution < 1.29 is 18.3 Å². The van der Waals surface area contributed by atoms with Gasteiger partial charge in [-0.15, -0.1) is 0 Å². The van der Waals surface area contributed by atoms with Crippen LogP contribution < -0.4 is 0 Å². The van der Waals surface area contributed by atoms with Crippen LogP contribution in [-0.4, -0.2) is 5.11 Å². The predicted octanol–water partition coefficient (Wildman–Crippen LogP) is 4.51. The Morgan fingerprint density at radius 3 is 2.40 bits per heavy atom. The zero-order chi connectivity index (χ0) is 14.9. The molecule has 0 fully saturated rings. The maximum Gasteiger partial charge on any atom is 0.194 e. The molecule has 1 unspecified atom stereocenters. The highest BCUT2D eigenvalue weighted by Gasteiger charge is 2.34. The Morgan fingerprint density at radius 2 is 1.80 bits per heavy atom. The molecule has 0 aliphatic rings. The summed E-state index contributed by atoms with van der Waals surface area (Å²) in [5, 5.41) is 10.7. The van der Waals surface area contributed by atoms with E-state index < -0.39 is 23.1 Å². The molecule has 0 spiro atoms. The molecule has 0 saturated heterocycles. The Hall–Kier alpha value is -1.33. The Labute approximate surface area is 123 Å². The summed E-state index contributed by atoms with van der Waals surface area (Å²) in [5.41, 5.74) is -1.60. The highest BCUT2D eigenvalue weighted by atomic mass is 79.9. The van der Waals surface area contributed by atoms with E-state index >= 15 is 0 Å². The second kappa shape index (κ2) is 5.58. The molecule has 0 aliphatic carbocycles. The van der Waals surface area contributed by atoms with E-state index in [1.165, 1.54) is 0 Å². The van der Waals surface area contributed by atoms with E-state index in [9.17, 15) is 18.3 Å². The Morgan fingerprint density at radius 1 is 1.10 bits per heavy atom. The number of benzene rings is 2. The quantitative estimate of drug-likeness (QED) is 0.812. The summed E-state index contributed by atoms with van der Waals surface area (Å²) in [6, 6.07) is 8.53. The molecule has 0 aliphatic heterocycles. The average molecular weight is 345 g/mol. The summed E-state index contributed by atoms with van der Waals surface area (Å²) in [6.45, 7) is 1.64. The molecular formula is C15H12BrF3O. The van der Waals surface area contributed by atoms with Gasteiger partial charge in [0.25, 0.3) is 0 Å². The molecule has 0 bridgehead atoms. The van der Waals surface area contributed by atoms with E-state index in [-0.39, 0.29) is 12.0 Å². The minimum absolute atomic E-state index is 0.117. The fourth-order valence-electron chi connectivity index (χ4n) is 2.14. The van der Waals surface area contributed by atoms with E-state index in [0.717, 1.165) is 12.1 Å². The molecule has 5 heteroatoms. The Balaban J connectivity index is 2.65. The van der Waals surface area contributed by atoms with Crippen molar-refractivity contribution in [2.24, 2.45) is 0 Å². The van der Waals surface area contributed by atoms with Gasteiger partial charge in [-0.1, -0.05) is 35.0 Å². The molecule has 20 heavy (non-hydrogen) atoms. The van der Waals surface area contributed by atoms with Crippen LogP contribution in [0.1, 0.15) is 24.5 Å². The molecule has 0 amide bonds. The summed E-state index contributed by atoms with van der Waals surface area (Å²) in [4.78, 5) is 0. The standard InChI is InChI=1S/C15H12BrF3O/c1-2-15(20,9-4-3-5-10(16)8-9)11-6-7-12(17)14(19)13(11)18/h3-8,20H,2H2,1H3. The second-order valence-electron chi connectivity index (χ2n) is 4.45. The first-order valence-electron chi connectivity index (χ1n) is 6.02. The van der Waals surface area contributed by atoms with Gasteiger partial charge < -0.3 is 5.11 Å². The molecule has 1 atom stereocenters. The van der Waals surface area contributed by atoms with Gasteiger partial charge in [0.05, 0.1) is 0 Å². The van der Waals surface area contributed by atoms with Crippen molar-refractivity contribution >= 4 is 15.9 Å². The number of halogens is 4. The van der Waals surface area contributed by atoms with E-state index in [2.05, 4.69) is 15.9 Å². The van der Waals surface area contributed by atoms with Gasteiger partial charge in [0, 0.05) is 10.0 Å². The third kappa shape index (κ3) is 2.47. The molecule has 0 heterocycles. The monoisotopic (exact) mass is 344 g/mol. The van der Waals surface area contributed by atoms with Gasteiger partial charge in [0.2, 0.25) is 0 Å². The third-order valence-corrected chi connectivity index (χ3v) is 3.79. The van der Waals surface area contributed by atoms with Crippen molar-refractivity contribution in [2.75, 3.05) is 0 Å². The molecule has 2 rings (SSSR count). The molecule has 0 aromatic heterocycles. The number of aliphatic hydroxyl groups is 1. The third-order valence-electron chi connectivity index (χ3n) is 3.29. The van der Waals surface area contributed by atoms with Crippen LogP contribution in [-0.2, 0) is 5.60 Å². The fraction of sp³-hybridized carbons (Fsp3) is 0.200. The molecule has 2 aromatic carbocycles. The SMILES string of the molecule is CCC(O)(c1cccc(Br)c1)c1ccc(F)c(F)c1F. The van der Waals surface area contributed by atoms with Gasteiger partial charge in [-0.25, -0.2) is 13.2 Å². The predicted molar refractivity (Wildman–Crippen MR) is 73.7 cm³/mol. The molecule has 1 N–H and O–H groups in total. The van der Waals surface area contributed by atoms with Crippen LogP contribution in [0.15, 0.2) is 40.9 Å². The van der Waals surface area contributed by atoms with E-state index in [1.807, 2.05) is 0 Å². The summed E-state index contributed by atoms with van der Waals surface area (Å²) in [6.07, 6.45) is 0.117. The van der Waals surface area contributed by atoms with Gasteiger partial charge >= 0.3 is 0 Å². The van der Waals surface area contributed by atoms with Crippen LogP contribution in [0.2, 0.25) is 0 Å². The zero-order valence-electron chi connectivity index (χ0n) is 10.6. The molecule has 0 saturated carbocycles. The van der Waals surface area contributed by atoms with Crippen molar-refractivity contribution in [3.8, 4) is 0 Å². The Bertz CT molecular complexity index is 645. The molecule has 1 nitrogen and oxygen atoms in total. The van der Waals surface area contributed by atoms with Crippen molar-refractivity contribution in [2.45, 2.75) is 18.9 Å². The van der Waals surface area contributed by atoms with Gasteiger partial charge in [0.15, 0.2) is 17.5 Å². The first-order valence-corrected chi connectivity index (χ1v) is 6.82. The summed E-state index contributed by atoms with van der Waals surface area (Å²) in [7, 11) is 0. The van der Waals surface area contributed by atoms with E-state index in [1.54, 1.807) is 31.2 Å². The van der Waals surface area contributed by atoms with E-state index in [4.69, 9.17) is 0 Å². The summed E-state index contributed by atoms with van der Waals surface area (Å²) < 4.78 is 41.0. The van der Waals surface area contributed by atoms with Gasteiger partial charge in [0.1, 0.15) is 5.60 Å². The van der Waals surface area contributed by atoms with Crippen molar-refractivity contribution in [3.63, 3.8) is 0 Å². The minimum Gasteiger partial charge on any atom is -0.380 e. The average Bonchev–Trinajstić information content (AvgIpc) is 2.44. The van der Waals surface area contributed by atoms with Crippen LogP contribution in [0.25, 0.3) is 0 Å². The fourth-order valence-corrected chi connectivity index (χ4v) is 2.54.